The summed E-state index contributed by atoms with van der Waals surface area (Å²) < 4.78 is 28.4. The summed E-state index contributed by atoms with van der Waals surface area (Å²) in [5.74, 6) is 0. The highest BCUT2D eigenvalue weighted by molar-refractivity contribution is 7.99. The Bertz CT molecular complexity index is 1170. The number of benzene rings is 2. The van der Waals surface area contributed by atoms with E-state index in [0.29, 0.717) is 10.6 Å². The summed E-state index contributed by atoms with van der Waals surface area (Å²) in [7, 11) is -3.83. The zero-order valence-electron chi connectivity index (χ0n) is 16.7. The first-order chi connectivity index (χ1) is 14.1. The molecule has 0 aliphatic carbocycles. The van der Waals surface area contributed by atoms with Crippen LogP contribution in [0.5, 0.6) is 0 Å². The van der Waals surface area contributed by atoms with Crippen molar-refractivity contribution < 1.29 is 13.3 Å². The van der Waals surface area contributed by atoms with Gasteiger partial charge >= 0.3 is 5.69 Å². The average Bonchev–Trinajstić information content (AvgIpc) is 2.69. The molecule has 0 aliphatic rings. The second-order valence-electron chi connectivity index (χ2n) is 7.56. The highest BCUT2D eigenvalue weighted by Gasteiger charge is 2.21. The monoisotopic (exact) mass is 443 g/mol. The van der Waals surface area contributed by atoms with E-state index in [-0.39, 0.29) is 21.0 Å². The fraction of sp³-hybridized carbons (Fsp3) is 0.190. The number of sulfonamides is 1. The van der Waals surface area contributed by atoms with E-state index in [1.54, 1.807) is 48.5 Å². The summed E-state index contributed by atoms with van der Waals surface area (Å²) in [4.78, 5) is 15.4. The third-order valence-electron chi connectivity index (χ3n) is 4.32. The van der Waals surface area contributed by atoms with Crippen molar-refractivity contribution in [1.82, 2.24) is 4.98 Å². The largest absolute Gasteiger partial charge is 0.301 e. The summed E-state index contributed by atoms with van der Waals surface area (Å²) in [5, 5.41) is 11.4. The van der Waals surface area contributed by atoms with Crippen LogP contribution >= 0.6 is 11.8 Å². The summed E-state index contributed by atoms with van der Waals surface area (Å²) >= 11 is 1.03. The number of hydrogen-bond donors (Lipinski definition) is 1. The lowest BCUT2D eigenvalue weighted by atomic mass is 9.87. The average molecular weight is 444 g/mol. The number of pyridine rings is 1. The van der Waals surface area contributed by atoms with E-state index in [2.05, 4.69) is 30.5 Å². The summed E-state index contributed by atoms with van der Waals surface area (Å²) in [6.45, 7) is 6.16. The van der Waals surface area contributed by atoms with Gasteiger partial charge in [-0.15, -0.1) is 0 Å². The molecular weight excluding hydrogens is 422 g/mol. The maximum absolute atomic E-state index is 12.9. The lowest BCUT2D eigenvalue weighted by Gasteiger charge is -2.19. The van der Waals surface area contributed by atoms with E-state index in [0.717, 1.165) is 17.3 Å². The van der Waals surface area contributed by atoms with E-state index in [4.69, 9.17) is 0 Å². The van der Waals surface area contributed by atoms with Crippen molar-refractivity contribution >= 4 is 33.2 Å². The first kappa shape index (κ1) is 21.8. The minimum absolute atomic E-state index is 0.0869. The molecule has 0 bridgehead atoms. The van der Waals surface area contributed by atoms with Crippen molar-refractivity contribution in [3.8, 4) is 0 Å². The van der Waals surface area contributed by atoms with Crippen LogP contribution in [0.15, 0.2) is 81.7 Å². The third-order valence-corrected chi connectivity index (χ3v) is 6.78. The molecule has 0 spiro atoms. The summed E-state index contributed by atoms with van der Waals surface area (Å²) in [5.41, 5.74) is 1.12. The highest BCUT2D eigenvalue weighted by atomic mass is 32.2. The van der Waals surface area contributed by atoms with Gasteiger partial charge in [-0.05, 0) is 41.3 Å². The van der Waals surface area contributed by atoms with Crippen molar-refractivity contribution in [2.24, 2.45) is 0 Å². The first-order valence-electron chi connectivity index (χ1n) is 9.07. The van der Waals surface area contributed by atoms with Crippen LogP contribution in [-0.4, -0.2) is 18.3 Å². The van der Waals surface area contributed by atoms with Crippen molar-refractivity contribution in [2.45, 2.75) is 41.0 Å². The van der Waals surface area contributed by atoms with E-state index in [1.165, 1.54) is 18.3 Å². The molecule has 30 heavy (non-hydrogen) atoms. The van der Waals surface area contributed by atoms with Gasteiger partial charge in [0.05, 0.1) is 15.5 Å². The predicted octanol–water partition coefficient (Wildman–Crippen LogP) is 5.24. The van der Waals surface area contributed by atoms with Gasteiger partial charge in [-0.2, -0.15) is 0 Å². The fourth-order valence-electron chi connectivity index (χ4n) is 2.68. The Kier molecular flexibility index (Phi) is 6.14. The molecule has 0 radical (unpaired) electrons. The Morgan fingerprint density at radius 3 is 2.30 bits per heavy atom. The number of nitrogens with zero attached hydrogens (tertiary/aromatic N) is 2. The SMILES string of the molecule is CC(C)(C)c1ccc(S(=O)(=O)Nc2ccccc2Sc2ncccc2[N+](=O)[O-])cc1. The van der Waals surface area contributed by atoms with E-state index < -0.39 is 14.9 Å². The van der Waals surface area contributed by atoms with E-state index in [1.807, 2.05) is 0 Å². The molecule has 0 aliphatic heterocycles. The number of hydrogen-bond acceptors (Lipinski definition) is 6. The predicted molar refractivity (Wildman–Crippen MR) is 117 cm³/mol. The molecule has 0 saturated carbocycles. The molecule has 1 heterocycles. The molecule has 7 nitrogen and oxygen atoms in total. The van der Waals surface area contributed by atoms with Gasteiger partial charge in [0.25, 0.3) is 10.0 Å². The maximum atomic E-state index is 12.9. The van der Waals surface area contributed by atoms with Crippen LogP contribution < -0.4 is 4.72 Å². The lowest BCUT2D eigenvalue weighted by Crippen LogP contribution is -2.15. The van der Waals surface area contributed by atoms with Gasteiger partial charge in [-0.3, -0.25) is 14.8 Å². The Balaban J connectivity index is 1.90. The Hall–Kier alpha value is -2.91. The highest BCUT2D eigenvalue weighted by Crippen LogP contribution is 2.37. The van der Waals surface area contributed by atoms with Gasteiger partial charge < -0.3 is 0 Å². The van der Waals surface area contributed by atoms with Crippen molar-refractivity contribution in [3.05, 3.63) is 82.5 Å². The number of nitrogens with one attached hydrogen (secondary N) is 1. The van der Waals surface area contributed by atoms with Crippen LogP contribution in [0.4, 0.5) is 11.4 Å². The molecule has 3 rings (SSSR count). The topological polar surface area (TPSA) is 102 Å². The van der Waals surface area contributed by atoms with Gasteiger partial charge in [0.1, 0.15) is 0 Å². The third kappa shape index (κ3) is 4.98. The molecule has 9 heteroatoms. The van der Waals surface area contributed by atoms with Crippen LogP contribution in [0.3, 0.4) is 0 Å². The minimum atomic E-state index is -3.83. The van der Waals surface area contributed by atoms with Gasteiger partial charge in [-0.1, -0.05) is 56.8 Å². The molecule has 3 aromatic rings. The summed E-state index contributed by atoms with van der Waals surface area (Å²) in [6, 6.07) is 16.3. The molecule has 2 aromatic carbocycles. The zero-order valence-corrected chi connectivity index (χ0v) is 18.3. The first-order valence-corrected chi connectivity index (χ1v) is 11.4. The van der Waals surface area contributed by atoms with Crippen molar-refractivity contribution in [3.63, 3.8) is 0 Å². The van der Waals surface area contributed by atoms with Crippen molar-refractivity contribution in [1.29, 1.82) is 0 Å². The van der Waals surface area contributed by atoms with E-state index in [9.17, 15) is 18.5 Å². The van der Waals surface area contributed by atoms with Crippen LogP contribution in [-0.2, 0) is 15.4 Å². The molecule has 0 atom stereocenters. The quantitative estimate of drug-likeness (QED) is 0.413. The van der Waals surface area contributed by atoms with Crippen LogP contribution in [0, 0.1) is 10.1 Å². The smallest absolute Gasteiger partial charge is 0.278 e. The number of rotatable bonds is 6. The van der Waals surface area contributed by atoms with Crippen molar-refractivity contribution in [2.75, 3.05) is 4.72 Å². The number of para-hydroxylation sites is 1. The Morgan fingerprint density at radius 2 is 1.67 bits per heavy atom. The molecule has 156 valence electrons. The standard InChI is InChI=1S/C21H21N3O4S2/c1-21(2,3)15-10-12-16(13-11-15)30(27,28)23-17-7-4-5-9-19(17)29-20-18(24(25)26)8-6-14-22-20/h4-14,23H,1-3H3. The van der Waals surface area contributed by atoms with Gasteiger partial charge in [0.15, 0.2) is 5.03 Å². The molecule has 0 unspecified atom stereocenters. The molecule has 0 fully saturated rings. The minimum Gasteiger partial charge on any atom is -0.278 e. The van der Waals surface area contributed by atoms with Gasteiger partial charge in [-0.25, -0.2) is 13.4 Å². The summed E-state index contributed by atoms with van der Waals surface area (Å²) in [6.07, 6.45) is 1.46. The Morgan fingerprint density at radius 1 is 1.00 bits per heavy atom. The molecular formula is C21H21N3O4S2. The fourth-order valence-corrected chi connectivity index (χ4v) is 4.77. The Labute approximate surface area is 179 Å². The second-order valence-corrected chi connectivity index (χ2v) is 10.3. The van der Waals surface area contributed by atoms with Crippen LogP contribution in [0.2, 0.25) is 0 Å². The van der Waals surface area contributed by atoms with Crippen LogP contribution in [0.1, 0.15) is 26.3 Å². The normalized spacial score (nSPS) is 11.8. The molecule has 1 aromatic heterocycles. The van der Waals surface area contributed by atoms with Gasteiger partial charge in [0, 0.05) is 17.2 Å². The lowest BCUT2D eigenvalue weighted by molar-refractivity contribution is -0.388. The number of anilines is 1. The molecule has 1 N–H and O–H groups in total. The molecule has 0 saturated heterocycles. The zero-order chi connectivity index (χ0) is 21.9. The van der Waals surface area contributed by atoms with Crippen LogP contribution in [0.25, 0.3) is 0 Å². The molecule has 0 amide bonds. The van der Waals surface area contributed by atoms with Gasteiger partial charge in [0.2, 0.25) is 0 Å². The van der Waals surface area contributed by atoms with E-state index >= 15 is 0 Å². The second kappa shape index (κ2) is 8.45. The number of nitro groups is 1. The number of aromatic nitrogens is 1. The maximum Gasteiger partial charge on any atom is 0.301 e.